The van der Waals surface area contributed by atoms with E-state index in [2.05, 4.69) is 26.1 Å². The standard InChI is InChI=1S/C17H26FNO2/c1-6-21-16-10-15(17(16,3)4)19-11(2)12-7-8-14(20-5)13(18)9-12/h7-9,11,15-16,19H,6,10H2,1-5H3. The monoisotopic (exact) mass is 295 g/mol. The minimum atomic E-state index is -0.316. The van der Waals surface area contributed by atoms with Crippen LogP contribution in [0.25, 0.3) is 0 Å². The lowest BCUT2D eigenvalue weighted by molar-refractivity contribution is -0.116. The van der Waals surface area contributed by atoms with Gasteiger partial charge in [-0.25, -0.2) is 4.39 Å². The summed E-state index contributed by atoms with van der Waals surface area (Å²) in [7, 11) is 1.48. The Labute approximate surface area is 126 Å². The number of benzene rings is 1. The molecule has 0 amide bonds. The van der Waals surface area contributed by atoms with Gasteiger partial charge in [0.25, 0.3) is 0 Å². The lowest BCUT2D eigenvalue weighted by Crippen LogP contribution is -2.61. The summed E-state index contributed by atoms with van der Waals surface area (Å²) in [6, 6.07) is 5.61. The molecule has 2 rings (SSSR count). The van der Waals surface area contributed by atoms with Crippen LogP contribution in [0.5, 0.6) is 5.75 Å². The lowest BCUT2D eigenvalue weighted by Gasteiger charge is -2.52. The molecule has 3 atom stereocenters. The minimum Gasteiger partial charge on any atom is -0.494 e. The van der Waals surface area contributed by atoms with E-state index in [9.17, 15) is 4.39 Å². The van der Waals surface area contributed by atoms with Gasteiger partial charge in [0.05, 0.1) is 13.2 Å². The second kappa shape index (κ2) is 6.32. The molecule has 3 unspecified atom stereocenters. The van der Waals surface area contributed by atoms with E-state index in [1.54, 1.807) is 12.1 Å². The maximum atomic E-state index is 13.8. The number of hydrogen-bond acceptors (Lipinski definition) is 3. The van der Waals surface area contributed by atoms with Crippen LogP contribution in [0.3, 0.4) is 0 Å². The third kappa shape index (κ3) is 3.22. The van der Waals surface area contributed by atoms with Crippen molar-refractivity contribution in [2.75, 3.05) is 13.7 Å². The van der Waals surface area contributed by atoms with Crippen LogP contribution in [0.4, 0.5) is 4.39 Å². The Balaban J connectivity index is 1.99. The molecule has 1 fully saturated rings. The van der Waals surface area contributed by atoms with Crippen molar-refractivity contribution in [1.29, 1.82) is 0 Å². The second-order valence-electron chi connectivity index (χ2n) is 6.34. The third-order valence-corrected chi connectivity index (χ3v) is 4.67. The second-order valence-corrected chi connectivity index (χ2v) is 6.34. The van der Waals surface area contributed by atoms with Crippen molar-refractivity contribution in [3.05, 3.63) is 29.6 Å². The molecule has 0 heterocycles. The summed E-state index contributed by atoms with van der Waals surface area (Å²) in [6.45, 7) is 9.27. The highest BCUT2D eigenvalue weighted by atomic mass is 19.1. The van der Waals surface area contributed by atoms with Crippen LogP contribution in [-0.4, -0.2) is 25.9 Å². The molecule has 1 aliphatic rings. The molecule has 4 heteroatoms. The summed E-state index contributed by atoms with van der Waals surface area (Å²) in [5, 5.41) is 3.59. The largest absolute Gasteiger partial charge is 0.494 e. The number of hydrogen-bond donors (Lipinski definition) is 1. The molecule has 118 valence electrons. The summed E-state index contributed by atoms with van der Waals surface area (Å²) in [5.74, 6) is -0.0324. The average Bonchev–Trinajstić information content (AvgIpc) is 2.46. The molecule has 1 saturated carbocycles. The first-order chi connectivity index (χ1) is 9.90. The van der Waals surface area contributed by atoms with Gasteiger partial charge in [-0.1, -0.05) is 19.9 Å². The van der Waals surface area contributed by atoms with Crippen LogP contribution in [-0.2, 0) is 4.74 Å². The topological polar surface area (TPSA) is 30.5 Å². The number of methoxy groups -OCH3 is 1. The predicted octanol–water partition coefficient (Wildman–Crippen LogP) is 3.69. The number of halogens is 1. The zero-order valence-corrected chi connectivity index (χ0v) is 13.6. The Morgan fingerprint density at radius 3 is 2.67 bits per heavy atom. The van der Waals surface area contributed by atoms with Crippen LogP contribution in [0.1, 0.15) is 45.7 Å². The summed E-state index contributed by atoms with van der Waals surface area (Å²) in [5.41, 5.74) is 1.04. The van der Waals surface area contributed by atoms with Crippen molar-refractivity contribution in [2.24, 2.45) is 5.41 Å². The fourth-order valence-corrected chi connectivity index (χ4v) is 3.00. The molecule has 3 nitrogen and oxygen atoms in total. The normalized spacial score (nSPS) is 25.2. The van der Waals surface area contributed by atoms with E-state index >= 15 is 0 Å². The number of nitrogens with one attached hydrogen (secondary N) is 1. The van der Waals surface area contributed by atoms with Crippen LogP contribution < -0.4 is 10.1 Å². The summed E-state index contributed by atoms with van der Waals surface area (Å²) in [6.07, 6.45) is 1.31. The van der Waals surface area contributed by atoms with Gasteiger partial charge in [0.15, 0.2) is 11.6 Å². The first-order valence-corrected chi connectivity index (χ1v) is 7.61. The highest BCUT2D eigenvalue weighted by Crippen LogP contribution is 2.43. The van der Waals surface area contributed by atoms with Crippen LogP contribution >= 0.6 is 0 Å². The quantitative estimate of drug-likeness (QED) is 0.868. The molecule has 21 heavy (non-hydrogen) atoms. The zero-order valence-electron chi connectivity index (χ0n) is 13.6. The Morgan fingerprint density at radius 1 is 1.43 bits per heavy atom. The highest BCUT2D eigenvalue weighted by Gasteiger charge is 2.49. The molecular weight excluding hydrogens is 269 g/mol. The molecular formula is C17H26FNO2. The van der Waals surface area contributed by atoms with Crippen molar-refractivity contribution in [1.82, 2.24) is 5.32 Å². The molecule has 0 bridgehead atoms. The molecule has 1 aromatic rings. The minimum absolute atomic E-state index is 0.0947. The van der Waals surface area contributed by atoms with Crippen molar-refractivity contribution >= 4 is 0 Å². The number of rotatable bonds is 6. The molecule has 0 radical (unpaired) electrons. The molecule has 1 N–H and O–H groups in total. The molecule has 1 aliphatic carbocycles. The molecule has 0 aliphatic heterocycles. The predicted molar refractivity (Wildman–Crippen MR) is 82.1 cm³/mol. The van der Waals surface area contributed by atoms with Crippen molar-refractivity contribution < 1.29 is 13.9 Å². The van der Waals surface area contributed by atoms with Gasteiger partial charge < -0.3 is 14.8 Å². The van der Waals surface area contributed by atoms with Crippen LogP contribution in [0.2, 0.25) is 0 Å². The first-order valence-electron chi connectivity index (χ1n) is 7.61. The fourth-order valence-electron chi connectivity index (χ4n) is 3.00. The van der Waals surface area contributed by atoms with Crippen LogP contribution in [0, 0.1) is 11.2 Å². The fraction of sp³-hybridized carbons (Fsp3) is 0.647. The van der Waals surface area contributed by atoms with Gasteiger partial charge in [-0.2, -0.15) is 0 Å². The maximum Gasteiger partial charge on any atom is 0.165 e. The first kappa shape index (κ1) is 16.2. The van der Waals surface area contributed by atoms with Gasteiger partial charge in [-0.15, -0.1) is 0 Å². The van der Waals surface area contributed by atoms with E-state index in [0.717, 1.165) is 18.6 Å². The Kier molecular flexibility index (Phi) is 4.89. The highest BCUT2D eigenvalue weighted by molar-refractivity contribution is 5.31. The van der Waals surface area contributed by atoms with Gasteiger partial charge >= 0.3 is 0 Å². The summed E-state index contributed by atoms with van der Waals surface area (Å²) < 4.78 is 24.5. The van der Waals surface area contributed by atoms with E-state index in [-0.39, 0.29) is 23.0 Å². The van der Waals surface area contributed by atoms with Gasteiger partial charge in [-0.3, -0.25) is 0 Å². The Morgan fingerprint density at radius 2 is 2.14 bits per heavy atom. The summed E-state index contributed by atoms with van der Waals surface area (Å²) in [4.78, 5) is 0. The van der Waals surface area contributed by atoms with Crippen molar-refractivity contribution in [2.45, 2.75) is 52.3 Å². The maximum absolute atomic E-state index is 13.8. The van der Waals surface area contributed by atoms with E-state index in [4.69, 9.17) is 9.47 Å². The van der Waals surface area contributed by atoms with Crippen molar-refractivity contribution in [3.63, 3.8) is 0 Å². The molecule has 1 aromatic carbocycles. The SMILES string of the molecule is CCOC1CC(NC(C)c2ccc(OC)c(F)c2)C1(C)C. The van der Waals surface area contributed by atoms with Crippen molar-refractivity contribution in [3.8, 4) is 5.75 Å². The third-order valence-electron chi connectivity index (χ3n) is 4.67. The smallest absolute Gasteiger partial charge is 0.165 e. The van der Waals surface area contributed by atoms with Gasteiger partial charge in [-0.05, 0) is 38.0 Å². The Hall–Kier alpha value is -1.13. The van der Waals surface area contributed by atoms with E-state index in [1.807, 2.05) is 13.0 Å². The summed E-state index contributed by atoms with van der Waals surface area (Å²) >= 11 is 0. The lowest BCUT2D eigenvalue weighted by atomic mass is 9.64. The van der Waals surface area contributed by atoms with Gasteiger partial charge in [0.1, 0.15) is 0 Å². The average molecular weight is 295 g/mol. The van der Waals surface area contributed by atoms with E-state index < -0.39 is 0 Å². The Bertz CT molecular complexity index is 490. The molecule has 0 spiro atoms. The molecule has 0 saturated heterocycles. The number of ether oxygens (including phenoxy) is 2. The van der Waals surface area contributed by atoms with E-state index in [1.165, 1.54) is 7.11 Å². The van der Waals surface area contributed by atoms with Gasteiger partial charge in [0.2, 0.25) is 0 Å². The van der Waals surface area contributed by atoms with Gasteiger partial charge in [0, 0.05) is 24.1 Å². The zero-order chi connectivity index (χ0) is 15.6. The van der Waals surface area contributed by atoms with Crippen LogP contribution in [0.15, 0.2) is 18.2 Å². The molecule has 0 aromatic heterocycles. The van der Waals surface area contributed by atoms with E-state index in [0.29, 0.717) is 12.1 Å².